The van der Waals surface area contributed by atoms with E-state index in [1.165, 1.54) is 24.8 Å². The summed E-state index contributed by atoms with van der Waals surface area (Å²) in [6, 6.07) is 24.1. The van der Waals surface area contributed by atoms with E-state index in [0.29, 0.717) is 6.54 Å². The summed E-state index contributed by atoms with van der Waals surface area (Å²) in [5.74, 6) is 1.02. The van der Waals surface area contributed by atoms with Gasteiger partial charge in [-0.1, -0.05) is 67.3 Å². The number of nitrogens with one attached hydrogen (secondary N) is 2. The van der Waals surface area contributed by atoms with Gasteiger partial charge in [0, 0.05) is 35.3 Å². The van der Waals surface area contributed by atoms with Crippen LogP contribution in [0.25, 0.3) is 0 Å². The van der Waals surface area contributed by atoms with E-state index in [1.807, 2.05) is 79.1 Å². The first-order valence-electron chi connectivity index (χ1n) is 15.2. The van der Waals surface area contributed by atoms with Gasteiger partial charge >= 0.3 is 0 Å². The smallest absolute Gasteiger partial charge is 0.218 e. The van der Waals surface area contributed by atoms with Gasteiger partial charge in [0.1, 0.15) is 5.75 Å². The Labute approximate surface area is 264 Å². The summed E-state index contributed by atoms with van der Waals surface area (Å²) in [7, 11) is 1.64. The molecule has 1 saturated carbocycles. The van der Waals surface area contributed by atoms with Crippen molar-refractivity contribution in [1.82, 2.24) is 14.9 Å². The molecule has 0 radical (unpaired) electrons. The van der Waals surface area contributed by atoms with E-state index in [2.05, 4.69) is 22.1 Å². The highest BCUT2D eigenvalue weighted by Gasteiger charge is 2.18. The van der Waals surface area contributed by atoms with Gasteiger partial charge in [-0.05, 0) is 72.9 Å². The van der Waals surface area contributed by atoms with Gasteiger partial charge in [0.25, 0.3) is 0 Å². The number of benzene rings is 3. The molecule has 1 atom stereocenters. The molecule has 0 bridgehead atoms. The zero-order chi connectivity index (χ0) is 30.9. The van der Waals surface area contributed by atoms with Crippen molar-refractivity contribution in [1.29, 1.82) is 0 Å². The Hall–Kier alpha value is -4.30. The van der Waals surface area contributed by atoms with Crippen LogP contribution in [0.1, 0.15) is 72.5 Å². The Morgan fingerprint density at radius 3 is 2.32 bits per heavy atom. The van der Waals surface area contributed by atoms with Gasteiger partial charge in [0.05, 0.1) is 31.7 Å². The number of hydrogen-bond acceptors (Lipinski definition) is 4. The summed E-state index contributed by atoms with van der Waals surface area (Å²) in [5.41, 5.74) is 11.8. The number of ether oxygens (including phenoxy) is 1. The number of aromatic nitrogens is 2. The molecule has 0 saturated heterocycles. The third kappa shape index (κ3) is 8.41. The minimum Gasteiger partial charge on any atom is -0.497 e. The number of aliphatic imine (C=N–C) groups is 1. The van der Waals surface area contributed by atoms with E-state index in [0.717, 1.165) is 64.3 Å². The quantitative estimate of drug-likeness (QED) is 0.128. The summed E-state index contributed by atoms with van der Waals surface area (Å²) in [6.07, 6.45) is 7.98. The SMILES string of the molecule is COc1ccc(C(CC(N)=O)c2ccc(N/C(=N\C3CCCCC3)NCc3ncn(Cc4ccc(Cl)cc4)c3C)cc2)cc1. The number of halogens is 1. The highest BCUT2D eigenvalue weighted by molar-refractivity contribution is 6.30. The van der Waals surface area contributed by atoms with Crippen LogP contribution >= 0.6 is 11.6 Å². The number of imidazole rings is 1. The molecule has 0 spiro atoms. The first-order valence-corrected chi connectivity index (χ1v) is 15.6. The fourth-order valence-electron chi connectivity index (χ4n) is 5.69. The number of amides is 1. The van der Waals surface area contributed by atoms with Gasteiger partial charge in [0.2, 0.25) is 5.91 Å². The van der Waals surface area contributed by atoms with Crippen LogP contribution in [0.15, 0.2) is 84.1 Å². The summed E-state index contributed by atoms with van der Waals surface area (Å²) in [6.45, 7) is 3.38. The lowest BCUT2D eigenvalue weighted by molar-refractivity contribution is -0.118. The molecule has 1 aromatic heterocycles. The predicted octanol–water partition coefficient (Wildman–Crippen LogP) is 6.80. The van der Waals surface area contributed by atoms with Crippen molar-refractivity contribution in [2.24, 2.45) is 10.7 Å². The third-order valence-electron chi connectivity index (χ3n) is 8.28. The molecule has 4 N–H and O–H groups in total. The summed E-state index contributed by atoms with van der Waals surface area (Å²) in [5, 5.41) is 7.78. The molecular formula is C35H41ClN6O2. The van der Waals surface area contributed by atoms with Crippen LogP contribution in [0.5, 0.6) is 5.75 Å². The largest absolute Gasteiger partial charge is 0.497 e. The van der Waals surface area contributed by atoms with E-state index in [1.54, 1.807) is 7.11 Å². The molecule has 5 rings (SSSR count). The van der Waals surface area contributed by atoms with Gasteiger partial charge in [-0.25, -0.2) is 9.98 Å². The van der Waals surface area contributed by atoms with Crippen molar-refractivity contribution in [2.75, 3.05) is 12.4 Å². The standard InChI is InChI=1S/C35H41ClN6O2/c1-24-33(39-23-42(24)22-25-8-14-28(36)15-9-25)21-38-35(40-29-6-4-3-5-7-29)41-30-16-10-26(11-17-30)32(20-34(37)43)27-12-18-31(44-2)19-13-27/h8-19,23,29,32H,3-7,20-22H2,1-2H3,(H2,37,43)(H2,38,40,41). The number of hydrogen-bond donors (Lipinski definition) is 3. The number of nitrogens with zero attached hydrogens (tertiary/aromatic N) is 3. The Bertz CT molecular complexity index is 1540. The van der Waals surface area contributed by atoms with Crippen LogP contribution in [-0.2, 0) is 17.9 Å². The molecular weight excluding hydrogens is 572 g/mol. The van der Waals surface area contributed by atoms with Crippen LogP contribution in [0.4, 0.5) is 5.69 Å². The molecule has 44 heavy (non-hydrogen) atoms. The molecule has 1 fully saturated rings. The predicted molar refractivity (Wildman–Crippen MR) is 177 cm³/mol. The molecule has 230 valence electrons. The van der Waals surface area contributed by atoms with Gasteiger partial charge < -0.3 is 25.7 Å². The maximum Gasteiger partial charge on any atom is 0.218 e. The Kier molecular flexibility index (Phi) is 10.6. The molecule has 1 aliphatic carbocycles. The van der Waals surface area contributed by atoms with Gasteiger partial charge in [-0.3, -0.25) is 4.79 Å². The zero-order valence-electron chi connectivity index (χ0n) is 25.4. The molecule has 1 heterocycles. The zero-order valence-corrected chi connectivity index (χ0v) is 26.2. The number of rotatable bonds is 11. The molecule has 4 aromatic rings. The maximum atomic E-state index is 11.9. The molecule has 0 aliphatic heterocycles. The second kappa shape index (κ2) is 14.9. The van der Waals surface area contributed by atoms with Crippen molar-refractivity contribution in [2.45, 2.75) is 70.5 Å². The second-order valence-electron chi connectivity index (χ2n) is 11.4. The highest BCUT2D eigenvalue weighted by Crippen LogP contribution is 2.30. The number of primary amides is 1. The van der Waals surface area contributed by atoms with Crippen LogP contribution in [-0.4, -0.2) is 34.6 Å². The minimum atomic E-state index is -0.343. The van der Waals surface area contributed by atoms with Gasteiger partial charge in [-0.15, -0.1) is 0 Å². The summed E-state index contributed by atoms with van der Waals surface area (Å²) >= 11 is 6.06. The topological polar surface area (TPSA) is 107 Å². The molecule has 1 amide bonds. The normalized spacial score (nSPS) is 14.7. The molecule has 3 aromatic carbocycles. The molecule has 8 nitrogen and oxygen atoms in total. The monoisotopic (exact) mass is 612 g/mol. The lowest BCUT2D eigenvalue weighted by Crippen LogP contribution is -2.32. The van der Waals surface area contributed by atoms with E-state index in [4.69, 9.17) is 32.0 Å². The fourth-order valence-corrected chi connectivity index (χ4v) is 5.81. The van der Waals surface area contributed by atoms with E-state index < -0.39 is 0 Å². The molecule has 9 heteroatoms. The lowest BCUT2D eigenvalue weighted by Gasteiger charge is -2.21. The van der Waals surface area contributed by atoms with Crippen molar-refractivity contribution < 1.29 is 9.53 Å². The summed E-state index contributed by atoms with van der Waals surface area (Å²) in [4.78, 5) is 21.7. The third-order valence-corrected chi connectivity index (χ3v) is 8.53. The van der Waals surface area contributed by atoms with Crippen molar-refractivity contribution >= 4 is 29.2 Å². The van der Waals surface area contributed by atoms with Crippen molar-refractivity contribution in [3.05, 3.63) is 112 Å². The van der Waals surface area contributed by atoms with Gasteiger partial charge in [-0.2, -0.15) is 0 Å². The fraction of sp³-hybridized carbons (Fsp3) is 0.343. The number of guanidine groups is 1. The Morgan fingerprint density at radius 2 is 1.68 bits per heavy atom. The lowest BCUT2D eigenvalue weighted by atomic mass is 9.88. The van der Waals surface area contributed by atoms with Crippen LogP contribution in [0, 0.1) is 6.92 Å². The Morgan fingerprint density at radius 1 is 1.02 bits per heavy atom. The number of methoxy groups -OCH3 is 1. The van der Waals surface area contributed by atoms with E-state index in [-0.39, 0.29) is 24.3 Å². The average molecular weight is 613 g/mol. The first kappa shape index (κ1) is 31.1. The van der Waals surface area contributed by atoms with E-state index >= 15 is 0 Å². The Balaban J connectivity index is 1.30. The molecule has 1 aliphatic rings. The second-order valence-corrected chi connectivity index (χ2v) is 11.8. The van der Waals surface area contributed by atoms with Crippen molar-refractivity contribution in [3.8, 4) is 5.75 Å². The van der Waals surface area contributed by atoms with Crippen LogP contribution in [0.3, 0.4) is 0 Å². The summed E-state index contributed by atoms with van der Waals surface area (Å²) < 4.78 is 7.45. The molecule has 1 unspecified atom stereocenters. The van der Waals surface area contributed by atoms with Crippen molar-refractivity contribution in [3.63, 3.8) is 0 Å². The first-order chi connectivity index (χ1) is 21.4. The van der Waals surface area contributed by atoms with Crippen LogP contribution < -0.4 is 21.1 Å². The van der Waals surface area contributed by atoms with Crippen LogP contribution in [0.2, 0.25) is 5.02 Å². The average Bonchev–Trinajstić information content (AvgIpc) is 3.39. The van der Waals surface area contributed by atoms with E-state index in [9.17, 15) is 4.79 Å². The number of carbonyl (C=O) groups is 1. The minimum absolute atomic E-state index is 0.146. The number of nitrogens with two attached hydrogens (primary N) is 1. The van der Waals surface area contributed by atoms with Gasteiger partial charge in [0.15, 0.2) is 5.96 Å². The number of carbonyl (C=O) groups excluding carboxylic acids is 1. The number of anilines is 1. The highest BCUT2D eigenvalue weighted by atomic mass is 35.5. The maximum absolute atomic E-state index is 11.9.